The minimum atomic E-state index is 0.230. The normalized spacial score (nSPS) is 12.4. The molecule has 2 heteroatoms. The molecule has 94 valence electrons. The van der Waals surface area contributed by atoms with Gasteiger partial charge in [0.15, 0.2) is 0 Å². The molecule has 0 aliphatic rings. The van der Waals surface area contributed by atoms with Crippen molar-refractivity contribution in [3.63, 3.8) is 0 Å². The Labute approximate surface area is 114 Å². The zero-order valence-corrected chi connectivity index (χ0v) is 11.5. The Hall–Kier alpha value is -1.31. The highest BCUT2D eigenvalue weighted by atomic mass is 35.5. The van der Waals surface area contributed by atoms with E-state index in [-0.39, 0.29) is 6.04 Å². The minimum absolute atomic E-state index is 0.230. The predicted molar refractivity (Wildman–Crippen MR) is 78.2 cm³/mol. The predicted octanol–water partition coefficient (Wildman–Crippen LogP) is 4.35. The van der Waals surface area contributed by atoms with E-state index in [4.69, 9.17) is 11.6 Å². The second-order valence-corrected chi connectivity index (χ2v) is 4.84. The molecule has 0 amide bonds. The van der Waals surface area contributed by atoms with Crippen LogP contribution in [0.15, 0.2) is 48.5 Å². The van der Waals surface area contributed by atoms with Crippen molar-refractivity contribution < 1.29 is 0 Å². The van der Waals surface area contributed by atoms with E-state index in [9.17, 15) is 0 Å². The average Bonchev–Trinajstić information content (AvgIpc) is 2.38. The Morgan fingerprint density at radius 2 is 1.72 bits per heavy atom. The fraction of sp³-hybridized carbons (Fsp3) is 0.250. The summed E-state index contributed by atoms with van der Waals surface area (Å²) in [6, 6.07) is 16.8. The lowest BCUT2D eigenvalue weighted by atomic mass is 9.95. The Morgan fingerprint density at radius 1 is 1.06 bits per heavy atom. The van der Waals surface area contributed by atoms with E-state index >= 15 is 0 Å². The lowest BCUT2D eigenvalue weighted by Crippen LogP contribution is -2.22. The van der Waals surface area contributed by atoms with Gasteiger partial charge in [0.1, 0.15) is 0 Å². The van der Waals surface area contributed by atoms with Gasteiger partial charge in [-0.1, -0.05) is 54.9 Å². The van der Waals surface area contributed by atoms with Crippen LogP contribution in [-0.2, 0) is 0 Å². The van der Waals surface area contributed by atoms with Crippen LogP contribution in [0.4, 0.5) is 0 Å². The zero-order valence-electron chi connectivity index (χ0n) is 10.8. The molecule has 0 spiro atoms. The molecule has 1 atom stereocenters. The fourth-order valence-electron chi connectivity index (χ4n) is 2.18. The number of nitrogens with one attached hydrogen (secondary N) is 1. The van der Waals surface area contributed by atoms with Gasteiger partial charge in [-0.3, -0.25) is 0 Å². The molecule has 1 nitrogen and oxygen atoms in total. The number of benzene rings is 2. The average molecular weight is 260 g/mol. The summed E-state index contributed by atoms with van der Waals surface area (Å²) >= 11 is 5.95. The number of hydrogen-bond donors (Lipinski definition) is 1. The standard InChI is InChI=1S/C16H18ClN/c1-3-18-16(13-8-10-14(17)11-9-13)15-7-5-4-6-12(15)2/h4-11,16,18H,3H2,1-2H3. The van der Waals surface area contributed by atoms with Gasteiger partial charge in [0, 0.05) is 5.02 Å². The molecule has 2 rings (SSSR count). The third-order valence-electron chi connectivity index (χ3n) is 3.11. The second kappa shape index (κ2) is 6.03. The summed E-state index contributed by atoms with van der Waals surface area (Å²) in [5.74, 6) is 0. The highest BCUT2D eigenvalue weighted by Crippen LogP contribution is 2.25. The molecule has 0 bridgehead atoms. The van der Waals surface area contributed by atoms with Crippen molar-refractivity contribution in [1.82, 2.24) is 5.32 Å². The fourth-order valence-corrected chi connectivity index (χ4v) is 2.30. The molecule has 0 aliphatic heterocycles. The van der Waals surface area contributed by atoms with Crippen LogP contribution in [0.2, 0.25) is 5.02 Å². The third-order valence-corrected chi connectivity index (χ3v) is 3.36. The Morgan fingerprint density at radius 3 is 2.33 bits per heavy atom. The number of rotatable bonds is 4. The first kappa shape index (κ1) is 13.1. The molecule has 2 aromatic carbocycles. The SMILES string of the molecule is CCNC(c1ccc(Cl)cc1)c1ccccc1C. The van der Waals surface area contributed by atoms with Crippen molar-refractivity contribution >= 4 is 11.6 Å². The lowest BCUT2D eigenvalue weighted by Gasteiger charge is -2.21. The van der Waals surface area contributed by atoms with Gasteiger partial charge in [-0.05, 0) is 42.3 Å². The van der Waals surface area contributed by atoms with E-state index in [1.807, 2.05) is 12.1 Å². The minimum Gasteiger partial charge on any atom is -0.307 e. The smallest absolute Gasteiger partial charge is 0.0579 e. The quantitative estimate of drug-likeness (QED) is 0.861. The molecule has 0 aliphatic carbocycles. The van der Waals surface area contributed by atoms with Crippen molar-refractivity contribution in [1.29, 1.82) is 0 Å². The van der Waals surface area contributed by atoms with Gasteiger partial charge in [-0.25, -0.2) is 0 Å². The molecule has 0 heterocycles. The Balaban J connectivity index is 2.40. The zero-order chi connectivity index (χ0) is 13.0. The molecule has 1 N–H and O–H groups in total. The van der Waals surface area contributed by atoms with Gasteiger partial charge >= 0.3 is 0 Å². The van der Waals surface area contributed by atoms with Crippen LogP contribution in [0.5, 0.6) is 0 Å². The van der Waals surface area contributed by atoms with Gasteiger partial charge < -0.3 is 5.32 Å². The maximum absolute atomic E-state index is 5.95. The van der Waals surface area contributed by atoms with E-state index in [0.717, 1.165) is 11.6 Å². The summed E-state index contributed by atoms with van der Waals surface area (Å²) in [6.07, 6.45) is 0. The monoisotopic (exact) mass is 259 g/mol. The molecule has 0 saturated heterocycles. The summed E-state index contributed by atoms with van der Waals surface area (Å²) in [7, 11) is 0. The van der Waals surface area contributed by atoms with Gasteiger partial charge in [0.2, 0.25) is 0 Å². The van der Waals surface area contributed by atoms with Crippen LogP contribution in [-0.4, -0.2) is 6.54 Å². The molecular weight excluding hydrogens is 242 g/mol. The lowest BCUT2D eigenvalue weighted by molar-refractivity contribution is 0.628. The second-order valence-electron chi connectivity index (χ2n) is 4.40. The summed E-state index contributed by atoms with van der Waals surface area (Å²) in [4.78, 5) is 0. The van der Waals surface area contributed by atoms with Crippen LogP contribution in [0.3, 0.4) is 0 Å². The molecule has 2 aromatic rings. The van der Waals surface area contributed by atoms with Crippen LogP contribution in [0.1, 0.15) is 29.7 Å². The number of aryl methyl sites for hydroxylation is 1. The summed E-state index contributed by atoms with van der Waals surface area (Å²) < 4.78 is 0. The van der Waals surface area contributed by atoms with Gasteiger partial charge in [-0.15, -0.1) is 0 Å². The van der Waals surface area contributed by atoms with E-state index in [2.05, 4.69) is 55.6 Å². The van der Waals surface area contributed by atoms with E-state index in [1.165, 1.54) is 16.7 Å². The van der Waals surface area contributed by atoms with Crippen molar-refractivity contribution in [3.05, 3.63) is 70.2 Å². The highest BCUT2D eigenvalue weighted by Gasteiger charge is 2.14. The molecule has 0 aromatic heterocycles. The summed E-state index contributed by atoms with van der Waals surface area (Å²) in [6.45, 7) is 5.21. The Bertz CT molecular complexity index is 505. The van der Waals surface area contributed by atoms with Crippen LogP contribution in [0, 0.1) is 6.92 Å². The van der Waals surface area contributed by atoms with E-state index < -0.39 is 0 Å². The van der Waals surface area contributed by atoms with Crippen LogP contribution >= 0.6 is 11.6 Å². The number of hydrogen-bond acceptors (Lipinski definition) is 1. The highest BCUT2D eigenvalue weighted by molar-refractivity contribution is 6.30. The third kappa shape index (κ3) is 2.92. The maximum Gasteiger partial charge on any atom is 0.0579 e. The van der Waals surface area contributed by atoms with Crippen molar-refractivity contribution in [2.24, 2.45) is 0 Å². The Kier molecular flexibility index (Phi) is 4.40. The van der Waals surface area contributed by atoms with Crippen LogP contribution < -0.4 is 5.32 Å². The molecule has 0 saturated carbocycles. The van der Waals surface area contributed by atoms with Gasteiger partial charge in [0.25, 0.3) is 0 Å². The topological polar surface area (TPSA) is 12.0 Å². The summed E-state index contributed by atoms with van der Waals surface area (Å²) in [5, 5.41) is 4.31. The first-order chi connectivity index (χ1) is 8.72. The molecule has 18 heavy (non-hydrogen) atoms. The first-order valence-electron chi connectivity index (χ1n) is 6.26. The largest absolute Gasteiger partial charge is 0.307 e. The van der Waals surface area contributed by atoms with Crippen molar-refractivity contribution in [2.75, 3.05) is 6.54 Å². The molecular formula is C16H18ClN. The van der Waals surface area contributed by atoms with E-state index in [1.54, 1.807) is 0 Å². The molecule has 0 fully saturated rings. The van der Waals surface area contributed by atoms with Crippen molar-refractivity contribution in [3.8, 4) is 0 Å². The van der Waals surface area contributed by atoms with E-state index in [0.29, 0.717) is 0 Å². The van der Waals surface area contributed by atoms with Crippen LogP contribution in [0.25, 0.3) is 0 Å². The summed E-state index contributed by atoms with van der Waals surface area (Å²) in [5.41, 5.74) is 3.87. The van der Waals surface area contributed by atoms with Crippen molar-refractivity contribution in [2.45, 2.75) is 19.9 Å². The number of halogens is 1. The maximum atomic E-state index is 5.95. The molecule has 1 unspecified atom stereocenters. The first-order valence-corrected chi connectivity index (χ1v) is 6.64. The van der Waals surface area contributed by atoms with Gasteiger partial charge in [0.05, 0.1) is 6.04 Å². The molecule has 0 radical (unpaired) electrons. The van der Waals surface area contributed by atoms with Gasteiger partial charge in [-0.2, -0.15) is 0 Å².